The number of thiophene rings is 1. The van der Waals surface area contributed by atoms with Crippen molar-refractivity contribution in [3.05, 3.63) is 17.3 Å². The molecule has 0 unspecified atom stereocenters. The Labute approximate surface area is 138 Å². The highest BCUT2D eigenvalue weighted by Crippen LogP contribution is 2.30. The van der Waals surface area contributed by atoms with Gasteiger partial charge in [-0.1, -0.05) is 0 Å². The first-order valence-electron chi connectivity index (χ1n) is 7.39. The van der Waals surface area contributed by atoms with Crippen molar-refractivity contribution in [1.29, 1.82) is 0 Å². The van der Waals surface area contributed by atoms with Crippen LogP contribution in [0, 0.1) is 6.92 Å². The Morgan fingerprint density at radius 1 is 1.45 bits per heavy atom. The van der Waals surface area contributed by atoms with Gasteiger partial charge in [-0.15, -0.1) is 23.1 Å². The highest BCUT2D eigenvalue weighted by atomic mass is 32.2. The van der Waals surface area contributed by atoms with Gasteiger partial charge in [-0.05, 0) is 26.3 Å². The van der Waals surface area contributed by atoms with Crippen molar-refractivity contribution in [2.45, 2.75) is 31.7 Å². The quantitative estimate of drug-likeness (QED) is 0.432. The number of ether oxygens (including phenoxy) is 1. The van der Waals surface area contributed by atoms with Crippen molar-refractivity contribution in [2.75, 3.05) is 25.5 Å². The van der Waals surface area contributed by atoms with Gasteiger partial charge in [0.1, 0.15) is 16.2 Å². The van der Waals surface area contributed by atoms with Gasteiger partial charge in [0.2, 0.25) is 5.91 Å². The lowest BCUT2D eigenvalue weighted by Crippen LogP contribution is -2.25. The zero-order valence-electron chi connectivity index (χ0n) is 12.9. The van der Waals surface area contributed by atoms with E-state index in [1.807, 2.05) is 6.92 Å². The Kier molecular flexibility index (Phi) is 7.08. The van der Waals surface area contributed by atoms with Gasteiger partial charge in [-0.3, -0.25) is 4.79 Å². The molecule has 0 bridgehead atoms. The van der Waals surface area contributed by atoms with Crippen LogP contribution in [0.4, 0.5) is 0 Å². The SMILES string of the molecule is CCOCCCNC(=O)CCSc1ncnc2sc(C)cc12. The number of aromatic nitrogens is 2. The third kappa shape index (κ3) is 5.23. The van der Waals surface area contributed by atoms with Crippen LogP contribution >= 0.6 is 23.1 Å². The van der Waals surface area contributed by atoms with Crippen molar-refractivity contribution < 1.29 is 9.53 Å². The van der Waals surface area contributed by atoms with Crippen molar-refractivity contribution in [3.63, 3.8) is 0 Å². The first-order chi connectivity index (χ1) is 10.7. The summed E-state index contributed by atoms with van der Waals surface area (Å²) in [6.07, 6.45) is 2.94. The molecule has 0 saturated carbocycles. The molecule has 0 atom stereocenters. The van der Waals surface area contributed by atoms with E-state index < -0.39 is 0 Å². The molecule has 22 heavy (non-hydrogen) atoms. The van der Waals surface area contributed by atoms with Gasteiger partial charge in [-0.2, -0.15) is 0 Å². The zero-order valence-corrected chi connectivity index (χ0v) is 14.6. The molecule has 7 heteroatoms. The van der Waals surface area contributed by atoms with Gasteiger partial charge in [0.25, 0.3) is 0 Å². The molecule has 5 nitrogen and oxygen atoms in total. The molecular formula is C15H21N3O2S2. The maximum Gasteiger partial charge on any atom is 0.220 e. The van der Waals surface area contributed by atoms with Gasteiger partial charge in [-0.25, -0.2) is 9.97 Å². The monoisotopic (exact) mass is 339 g/mol. The van der Waals surface area contributed by atoms with Crippen LogP contribution in [-0.4, -0.2) is 41.4 Å². The molecule has 0 radical (unpaired) electrons. The van der Waals surface area contributed by atoms with Crippen LogP contribution in [0.25, 0.3) is 10.2 Å². The third-order valence-corrected chi connectivity index (χ3v) is 4.94. The number of nitrogens with one attached hydrogen (secondary N) is 1. The van der Waals surface area contributed by atoms with Gasteiger partial charge >= 0.3 is 0 Å². The van der Waals surface area contributed by atoms with Crippen LogP contribution in [0.15, 0.2) is 17.4 Å². The lowest BCUT2D eigenvalue weighted by Gasteiger charge is -2.05. The predicted molar refractivity (Wildman–Crippen MR) is 91.6 cm³/mol. The second kappa shape index (κ2) is 9.07. The fourth-order valence-corrected chi connectivity index (χ4v) is 3.77. The average molecular weight is 339 g/mol. The van der Waals surface area contributed by atoms with E-state index in [9.17, 15) is 4.79 Å². The molecule has 0 aromatic carbocycles. The third-order valence-electron chi connectivity index (χ3n) is 2.98. The van der Waals surface area contributed by atoms with Crippen molar-refractivity contribution in [3.8, 4) is 0 Å². The summed E-state index contributed by atoms with van der Waals surface area (Å²) in [6, 6.07) is 2.11. The molecule has 120 valence electrons. The minimum atomic E-state index is 0.0794. The summed E-state index contributed by atoms with van der Waals surface area (Å²) in [7, 11) is 0. The van der Waals surface area contributed by atoms with E-state index in [0.29, 0.717) is 19.6 Å². The Hall–Kier alpha value is -1.18. The lowest BCUT2D eigenvalue weighted by atomic mass is 10.4. The van der Waals surface area contributed by atoms with E-state index >= 15 is 0 Å². The van der Waals surface area contributed by atoms with E-state index in [0.717, 1.165) is 34.0 Å². The van der Waals surface area contributed by atoms with Crippen molar-refractivity contribution >= 4 is 39.2 Å². The molecule has 0 aliphatic carbocycles. The molecule has 0 fully saturated rings. The number of hydrogen-bond donors (Lipinski definition) is 1. The number of aryl methyl sites for hydroxylation is 1. The second-order valence-corrected chi connectivity index (χ2v) is 7.07. The lowest BCUT2D eigenvalue weighted by molar-refractivity contribution is -0.120. The number of nitrogens with zero attached hydrogens (tertiary/aromatic N) is 2. The smallest absolute Gasteiger partial charge is 0.220 e. The fourth-order valence-electron chi connectivity index (χ4n) is 1.94. The Balaban J connectivity index is 1.72. The van der Waals surface area contributed by atoms with Crippen LogP contribution in [0.1, 0.15) is 24.6 Å². The fraction of sp³-hybridized carbons (Fsp3) is 0.533. The predicted octanol–water partition coefficient (Wildman–Crippen LogP) is 3.02. The first-order valence-corrected chi connectivity index (χ1v) is 9.19. The summed E-state index contributed by atoms with van der Waals surface area (Å²) in [6.45, 7) is 6.12. The van der Waals surface area contributed by atoms with E-state index in [4.69, 9.17) is 4.74 Å². The van der Waals surface area contributed by atoms with E-state index in [-0.39, 0.29) is 5.91 Å². The Morgan fingerprint density at radius 3 is 3.14 bits per heavy atom. The van der Waals surface area contributed by atoms with Crippen LogP contribution in [0.5, 0.6) is 0 Å². The van der Waals surface area contributed by atoms with Gasteiger partial charge in [0, 0.05) is 42.2 Å². The number of rotatable bonds is 9. The summed E-state index contributed by atoms with van der Waals surface area (Å²) in [5.41, 5.74) is 0. The summed E-state index contributed by atoms with van der Waals surface area (Å²) in [4.78, 5) is 22.6. The molecule has 2 aromatic heterocycles. The van der Waals surface area contributed by atoms with E-state index in [1.54, 1.807) is 29.4 Å². The Morgan fingerprint density at radius 2 is 2.32 bits per heavy atom. The highest BCUT2D eigenvalue weighted by Gasteiger charge is 2.08. The van der Waals surface area contributed by atoms with Gasteiger partial charge < -0.3 is 10.1 Å². The molecule has 1 N–H and O–H groups in total. The highest BCUT2D eigenvalue weighted by molar-refractivity contribution is 7.99. The van der Waals surface area contributed by atoms with Gasteiger partial charge in [0.05, 0.1) is 0 Å². The largest absolute Gasteiger partial charge is 0.382 e. The standard InChI is InChI=1S/C15H21N3O2S2/c1-3-20-7-4-6-16-13(19)5-8-21-14-12-9-11(2)22-15(12)18-10-17-14/h9-10H,3-8H2,1-2H3,(H,16,19). The number of carbonyl (C=O) groups excluding carboxylic acids is 1. The minimum Gasteiger partial charge on any atom is -0.382 e. The molecule has 0 aliphatic heterocycles. The van der Waals surface area contributed by atoms with E-state index in [2.05, 4.69) is 28.3 Å². The maximum absolute atomic E-state index is 11.7. The van der Waals surface area contributed by atoms with Gasteiger partial charge in [0.15, 0.2) is 0 Å². The average Bonchev–Trinajstić information content (AvgIpc) is 2.88. The number of amides is 1. The molecular weight excluding hydrogens is 318 g/mol. The molecule has 0 spiro atoms. The van der Waals surface area contributed by atoms with Crippen molar-refractivity contribution in [2.24, 2.45) is 0 Å². The van der Waals surface area contributed by atoms with Crippen LogP contribution < -0.4 is 5.32 Å². The van der Waals surface area contributed by atoms with Crippen LogP contribution in [0.2, 0.25) is 0 Å². The van der Waals surface area contributed by atoms with E-state index in [1.165, 1.54) is 4.88 Å². The normalized spacial score (nSPS) is 11.0. The topological polar surface area (TPSA) is 64.1 Å². The maximum atomic E-state index is 11.7. The Bertz CT molecular complexity index is 616. The minimum absolute atomic E-state index is 0.0794. The zero-order chi connectivity index (χ0) is 15.8. The molecule has 2 heterocycles. The number of thioether (sulfide) groups is 1. The number of hydrogen-bond acceptors (Lipinski definition) is 6. The summed E-state index contributed by atoms with van der Waals surface area (Å²) in [5.74, 6) is 0.800. The van der Waals surface area contributed by atoms with Crippen LogP contribution in [-0.2, 0) is 9.53 Å². The number of carbonyl (C=O) groups is 1. The molecule has 2 rings (SSSR count). The first kappa shape index (κ1) is 17.2. The summed E-state index contributed by atoms with van der Waals surface area (Å²) >= 11 is 3.28. The number of fused-ring (bicyclic) bond motifs is 1. The molecule has 0 aliphatic rings. The molecule has 2 aromatic rings. The van der Waals surface area contributed by atoms with Crippen LogP contribution in [0.3, 0.4) is 0 Å². The summed E-state index contributed by atoms with van der Waals surface area (Å²) < 4.78 is 5.23. The molecule has 1 amide bonds. The second-order valence-electron chi connectivity index (χ2n) is 4.75. The summed E-state index contributed by atoms with van der Waals surface area (Å²) in [5, 5.41) is 4.95. The molecule has 0 saturated heterocycles. The van der Waals surface area contributed by atoms with Crippen molar-refractivity contribution in [1.82, 2.24) is 15.3 Å².